The van der Waals surface area contributed by atoms with Gasteiger partial charge in [-0.2, -0.15) is 11.3 Å². The maximum absolute atomic E-state index is 13.8. The molecule has 0 aliphatic carbocycles. The van der Waals surface area contributed by atoms with Crippen molar-refractivity contribution in [2.75, 3.05) is 5.32 Å². The Morgan fingerprint density at radius 1 is 1.07 bits per heavy atom. The number of amides is 1. The third-order valence-electron chi connectivity index (χ3n) is 4.17. The van der Waals surface area contributed by atoms with Crippen LogP contribution in [0.15, 0.2) is 35.0 Å². The Morgan fingerprint density at radius 3 is 2.45 bits per heavy atom. The summed E-state index contributed by atoms with van der Waals surface area (Å²) in [6, 6.07) is 5.53. The van der Waals surface area contributed by atoms with Crippen LogP contribution in [0.1, 0.15) is 16.3 Å². The molecule has 0 unspecified atom stereocenters. The van der Waals surface area contributed by atoms with Gasteiger partial charge in [-0.15, -0.1) is 11.3 Å². The summed E-state index contributed by atoms with van der Waals surface area (Å²) in [5.41, 5.74) is 2.38. The van der Waals surface area contributed by atoms with E-state index in [-0.39, 0.29) is 5.56 Å². The molecule has 0 saturated carbocycles. The molecule has 0 radical (unpaired) electrons. The lowest BCUT2D eigenvalue weighted by Crippen LogP contribution is -2.16. The van der Waals surface area contributed by atoms with E-state index < -0.39 is 24.0 Å². The number of halogens is 2. The molecule has 0 bridgehead atoms. The summed E-state index contributed by atoms with van der Waals surface area (Å²) >= 11 is 4.45. The summed E-state index contributed by atoms with van der Waals surface area (Å²) in [5, 5.41) is 7.99. The molecule has 148 valence electrons. The van der Waals surface area contributed by atoms with Crippen molar-refractivity contribution in [1.82, 2.24) is 9.97 Å². The van der Waals surface area contributed by atoms with Gasteiger partial charge in [-0.1, -0.05) is 17.4 Å². The number of rotatable bonds is 5. The first-order chi connectivity index (χ1) is 13.9. The topological polar surface area (TPSA) is 54.9 Å². The fraction of sp³-hybridized carbons (Fsp3) is 0.150. The zero-order valence-electron chi connectivity index (χ0n) is 15.5. The third kappa shape index (κ3) is 4.12. The highest BCUT2D eigenvalue weighted by molar-refractivity contribution is 7.21. The van der Waals surface area contributed by atoms with E-state index in [9.17, 15) is 13.6 Å². The molecule has 3 aromatic heterocycles. The lowest BCUT2D eigenvalue weighted by Gasteiger charge is -2.04. The summed E-state index contributed by atoms with van der Waals surface area (Å²) < 4.78 is 27.7. The second kappa shape index (κ2) is 8.10. The number of thiazole rings is 2. The van der Waals surface area contributed by atoms with Crippen LogP contribution in [0.2, 0.25) is 0 Å². The maximum atomic E-state index is 13.8. The minimum atomic E-state index is -0.741. The number of hydrogen-bond acceptors (Lipinski definition) is 6. The molecule has 0 aliphatic rings. The van der Waals surface area contributed by atoms with Crippen molar-refractivity contribution in [2.45, 2.75) is 20.3 Å². The molecule has 1 N–H and O–H groups in total. The molecule has 0 saturated heterocycles. The number of carbonyl (C=O) groups is 1. The van der Waals surface area contributed by atoms with E-state index >= 15 is 0 Å². The summed E-state index contributed by atoms with van der Waals surface area (Å²) in [6.45, 7) is 3.86. The Morgan fingerprint density at radius 2 is 1.83 bits per heavy atom. The van der Waals surface area contributed by atoms with Crippen LogP contribution < -0.4 is 5.32 Å². The molecule has 4 rings (SSSR count). The highest BCUT2D eigenvalue weighted by Gasteiger charge is 2.21. The second-order valence-corrected chi connectivity index (χ2v) is 9.26. The molecule has 29 heavy (non-hydrogen) atoms. The van der Waals surface area contributed by atoms with Gasteiger partial charge in [0, 0.05) is 11.1 Å². The van der Waals surface area contributed by atoms with E-state index in [0.717, 1.165) is 43.8 Å². The Hall–Kier alpha value is -2.49. The number of aromatic nitrogens is 2. The molecule has 3 heterocycles. The molecular formula is C20H15F2N3OS3. The maximum Gasteiger partial charge on any atom is 0.230 e. The fourth-order valence-electron chi connectivity index (χ4n) is 2.89. The van der Waals surface area contributed by atoms with Crippen LogP contribution in [0.25, 0.3) is 21.0 Å². The fourth-order valence-corrected chi connectivity index (χ4v) is 5.58. The van der Waals surface area contributed by atoms with Crippen LogP contribution in [0.4, 0.5) is 13.9 Å². The highest BCUT2D eigenvalue weighted by atomic mass is 32.1. The van der Waals surface area contributed by atoms with Crippen molar-refractivity contribution < 1.29 is 13.6 Å². The lowest BCUT2D eigenvalue weighted by atomic mass is 10.1. The van der Waals surface area contributed by atoms with E-state index in [1.807, 2.05) is 30.7 Å². The predicted molar refractivity (Wildman–Crippen MR) is 115 cm³/mol. The number of aryl methyl sites for hydroxylation is 2. The molecule has 0 spiro atoms. The average molecular weight is 448 g/mol. The Balaban J connectivity index is 1.66. The monoisotopic (exact) mass is 447 g/mol. The van der Waals surface area contributed by atoms with E-state index in [1.165, 1.54) is 17.4 Å². The van der Waals surface area contributed by atoms with Gasteiger partial charge in [-0.05, 0) is 42.8 Å². The van der Waals surface area contributed by atoms with Crippen LogP contribution in [-0.2, 0) is 11.2 Å². The lowest BCUT2D eigenvalue weighted by molar-refractivity contribution is -0.115. The molecule has 0 fully saturated rings. The minimum absolute atomic E-state index is 0.256. The van der Waals surface area contributed by atoms with Crippen LogP contribution in [0.3, 0.4) is 0 Å². The number of nitrogens with zero attached hydrogens (tertiary/aromatic N) is 2. The van der Waals surface area contributed by atoms with Crippen LogP contribution in [0, 0.1) is 25.5 Å². The van der Waals surface area contributed by atoms with Gasteiger partial charge in [0.1, 0.15) is 17.3 Å². The number of hydrogen-bond donors (Lipinski definition) is 1. The van der Waals surface area contributed by atoms with Gasteiger partial charge in [0.15, 0.2) is 5.13 Å². The quantitative estimate of drug-likeness (QED) is 0.404. The van der Waals surface area contributed by atoms with Crippen molar-refractivity contribution in [1.29, 1.82) is 0 Å². The van der Waals surface area contributed by atoms with Gasteiger partial charge in [-0.3, -0.25) is 4.79 Å². The Kier molecular flexibility index (Phi) is 5.53. The Bertz CT molecular complexity index is 1160. The number of thiophene rings is 1. The van der Waals surface area contributed by atoms with Crippen molar-refractivity contribution >= 4 is 45.0 Å². The van der Waals surface area contributed by atoms with Gasteiger partial charge < -0.3 is 5.32 Å². The van der Waals surface area contributed by atoms with Crippen LogP contribution in [0.5, 0.6) is 0 Å². The predicted octanol–water partition coefficient (Wildman–Crippen LogP) is 6.07. The minimum Gasteiger partial charge on any atom is -0.302 e. The Labute approximate surface area is 177 Å². The van der Waals surface area contributed by atoms with Crippen molar-refractivity contribution in [3.05, 3.63) is 62.9 Å². The summed E-state index contributed by atoms with van der Waals surface area (Å²) in [4.78, 5) is 23.4. The molecule has 1 aromatic carbocycles. The van der Waals surface area contributed by atoms with Crippen molar-refractivity contribution in [3.8, 4) is 21.0 Å². The number of nitrogens with one attached hydrogen (secondary N) is 1. The van der Waals surface area contributed by atoms with E-state index in [2.05, 4.69) is 15.3 Å². The normalized spacial score (nSPS) is 11.0. The van der Waals surface area contributed by atoms with E-state index in [4.69, 9.17) is 0 Å². The highest BCUT2D eigenvalue weighted by Crippen LogP contribution is 2.42. The zero-order valence-corrected chi connectivity index (χ0v) is 17.9. The zero-order chi connectivity index (χ0) is 20.5. The van der Waals surface area contributed by atoms with Gasteiger partial charge >= 0.3 is 0 Å². The van der Waals surface area contributed by atoms with Crippen LogP contribution in [-0.4, -0.2) is 15.9 Å². The van der Waals surface area contributed by atoms with Crippen LogP contribution >= 0.6 is 34.0 Å². The first kappa shape index (κ1) is 19.8. The van der Waals surface area contributed by atoms with Gasteiger partial charge in [0.2, 0.25) is 5.91 Å². The number of anilines is 1. The summed E-state index contributed by atoms with van der Waals surface area (Å²) in [6.07, 6.45) is -0.403. The van der Waals surface area contributed by atoms with E-state index in [0.29, 0.717) is 5.13 Å². The first-order valence-corrected chi connectivity index (χ1v) is 11.2. The van der Waals surface area contributed by atoms with Gasteiger partial charge in [-0.25, -0.2) is 18.7 Å². The largest absolute Gasteiger partial charge is 0.302 e. The molecule has 0 aliphatic heterocycles. The van der Waals surface area contributed by atoms with Gasteiger partial charge in [0.05, 0.1) is 26.9 Å². The molecule has 1 amide bonds. The standard InChI is InChI=1S/C20H15F2N3OS3/c1-10-18(28-11(2)23-10)17-19(12-6-7-27-9-12)29-20(25-17)24-16(26)8-13-14(21)4-3-5-15(13)22/h3-7,9H,8H2,1-2H3,(H,24,25,26). The number of carbonyl (C=O) groups excluding carboxylic acids is 1. The molecule has 9 heteroatoms. The van der Waals surface area contributed by atoms with E-state index in [1.54, 1.807) is 22.7 Å². The van der Waals surface area contributed by atoms with Crippen molar-refractivity contribution in [3.63, 3.8) is 0 Å². The summed E-state index contributed by atoms with van der Waals surface area (Å²) in [5.74, 6) is -2.01. The second-order valence-electron chi connectivity index (χ2n) is 6.28. The SMILES string of the molecule is Cc1nc(C)c(-c2nc(NC(=O)Cc3c(F)cccc3F)sc2-c2ccsc2)s1. The molecule has 0 atom stereocenters. The number of benzene rings is 1. The third-order valence-corrected chi connectivity index (χ3v) is 6.96. The first-order valence-electron chi connectivity index (χ1n) is 8.63. The average Bonchev–Trinajstić information content (AvgIpc) is 3.38. The van der Waals surface area contributed by atoms with Gasteiger partial charge in [0.25, 0.3) is 0 Å². The molecular weight excluding hydrogens is 432 g/mol. The summed E-state index contributed by atoms with van der Waals surface area (Å²) in [7, 11) is 0. The molecule has 4 aromatic rings. The van der Waals surface area contributed by atoms with Crippen molar-refractivity contribution in [2.24, 2.45) is 0 Å². The smallest absolute Gasteiger partial charge is 0.230 e. The molecule has 4 nitrogen and oxygen atoms in total.